The third-order valence-corrected chi connectivity index (χ3v) is 4.09. The Hall–Kier alpha value is -2.59. The van der Waals surface area contributed by atoms with Crippen LogP contribution >= 0.6 is 27.5 Å². The molecule has 1 aliphatic rings. The first-order valence-corrected chi connectivity index (χ1v) is 8.87. The molecule has 0 saturated heterocycles. The number of amides is 1. The summed E-state index contributed by atoms with van der Waals surface area (Å²) in [6, 6.07) is 8.69. The number of fused-ring (bicyclic) bond motifs is 1. The van der Waals surface area contributed by atoms with Gasteiger partial charge in [0, 0.05) is 27.3 Å². The van der Waals surface area contributed by atoms with E-state index >= 15 is 0 Å². The Balaban J connectivity index is 1.48. The summed E-state index contributed by atoms with van der Waals surface area (Å²) < 4.78 is 40.5. The highest BCUT2D eigenvalue weighted by Crippen LogP contribution is 2.36. The summed E-state index contributed by atoms with van der Waals surface area (Å²) in [4.78, 5) is 16.8. The fourth-order valence-electron chi connectivity index (χ4n) is 2.16. The number of nitrogens with zero attached hydrogens (tertiary/aromatic N) is 1. The number of anilines is 1. The van der Waals surface area contributed by atoms with E-state index in [1.54, 1.807) is 12.1 Å². The van der Waals surface area contributed by atoms with Gasteiger partial charge in [-0.15, -0.1) is 8.78 Å². The predicted octanol–water partition coefficient (Wildman–Crippen LogP) is 4.33. The molecule has 0 atom stereocenters. The van der Waals surface area contributed by atoms with Gasteiger partial charge in [-0.05, 0) is 52.3 Å². The number of ether oxygens (including phenoxy) is 3. The zero-order valence-corrected chi connectivity index (χ0v) is 16.3. The highest BCUT2D eigenvalue weighted by atomic mass is 79.9. The molecule has 0 spiro atoms. The van der Waals surface area contributed by atoms with Gasteiger partial charge >= 0.3 is 5.57 Å². The summed E-state index contributed by atoms with van der Waals surface area (Å²) in [6.07, 6.45) is 1.41. The second kappa shape index (κ2) is 8.61. The number of halogens is 4. The van der Waals surface area contributed by atoms with Gasteiger partial charge in [-0.2, -0.15) is 0 Å². The molecule has 0 saturated carbocycles. The smallest absolute Gasteiger partial charge is 0.454 e. The van der Waals surface area contributed by atoms with Crippen LogP contribution in [0.25, 0.3) is 0 Å². The van der Waals surface area contributed by atoms with Gasteiger partial charge in [0.05, 0.1) is 6.21 Å². The Morgan fingerprint density at radius 2 is 1.96 bits per heavy atom. The molecule has 1 N–H and O–H groups in total. The van der Waals surface area contributed by atoms with Crippen molar-refractivity contribution < 1.29 is 32.6 Å². The third kappa shape index (κ3) is 5.70. The minimum Gasteiger partial charge on any atom is -0.454 e. The van der Waals surface area contributed by atoms with E-state index in [1.807, 2.05) is 0 Å². The zero-order valence-electron chi connectivity index (χ0n) is 14.0. The molecule has 0 bridgehead atoms. The molecule has 148 valence electrons. The van der Waals surface area contributed by atoms with Crippen molar-refractivity contribution in [3.63, 3.8) is 0 Å². The standard InChI is InChI=1S/C17H12BrClF2N2O5/c18-13-6-15-14(25-9-26-15)5-10(13)7-22-27-8-16(24)23-11-1-3-12(4-2-11)28-17(19,20)21/h1-7H,8-9H2,(H,23,24). The van der Waals surface area contributed by atoms with Gasteiger partial charge in [0.1, 0.15) is 5.75 Å². The lowest BCUT2D eigenvalue weighted by Gasteiger charge is -2.11. The topological polar surface area (TPSA) is 78.4 Å². The molecule has 11 heteroatoms. The molecule has 3 rings (SSSR count). The largest absolute Gasteiger partial charge is 0.487 e. The molecule has 0 aliphatic carbocycles. The highest BCUT2D eigenvalue weighted by molar-refractivity contribution is 9.10. The fraction of sp³-hybridized carbons (Fsp3) is 0.176. The molecule has 1 heterocycles. The van der Waals surface area contributed by atoms with E-state index in [0.717, 1.165) is 4.47 Å². The van der Waals surface area contributed by atoms with E-state index in [2.05, 4.69) is 42.7 Å². The van der Waals surface area contributed by atoms with Gasteiger partial charge in [-0.1, -0.05) is 5.16 Å². The van der Waals surface area contributed by atoms with Gasteiger partial charge in [-0.25, -0.2) is 0 Å². The lowest BCUT2D eigenvalue weighted by molar-refractivity contribution is -0.120. The highest BCUT2D eigenvalue weighted by Gasteiger charge is 2.27. The molecule has 1 aliphatic heterocycles. The number of nitrogens with one attached hydrogen (secondary N) is 1. The van der Waals surface area contributed by atoms with E-state index < -0.39 is 11.5 Å². The second-order valence-electron chi connectivity index (χ2n) is 5.36. The van der Waals surface area contributed by atoms with Crippen LogP contribution in [0, 0.1) is 0 Å². The average molecular weight is 478 g/mol. The first kappa shape index (κ1) is 20.2. The van der Waals surface area contributed by atoms with Crippen LogP contribution in [0.4, 0.5) is 14.5 Å². The van der Waals surface area contributed by atoms with Crippen molar-refractivity contribution in [2.24, 2.45) is 5.16 Å². The minimum atomic E-state index is -3.80. The van der Waals surface area contributed by atoms with Crippen LogP contribution in [0.3, 0.4) is 0 Å². The molecular formula is C17H12BrClF2N2O5. The summed E-state index contributed by atoms with van der Waals surface area (Å²) in [6.45, 7) is -0.197. The summed E-state index contributed by atoms with van der Waals surface area (Å²) >= 11 is 8.05. The number of hydrogen-bond donors (Lipinski definition) is 1. The maximum atomic E-state index is 12.5. The summed E-state index contributed by atoms with van der Waals surface area (Å²) in [5, 5.41) is 6.25. The van der Waals surface area contributed by atoms with Gasteiger partial charge < -0.3 is 24.4 Å². The maximum absolute atomic E-state index is 12.5. The fourth-order valence-corrected chi connectivity index (χ4v) is 2.67. The maximum Gasteiger partial charge on any atom is 0.487 e. The molecule has 0 unspecified atom stereocenters. The van der Waals surface area contributed by atoms with E-state index in [9.17, 15) is 13.6 Å². The normalized spacial score (nSPS) is 12.9. The Morgan fingerprint density at radius 3 is 2.64 bits per heavy atom. The number of carbonyl (C=O) groups excluding carboxylic acids is 1. The SMILES string of the molecule is O=C(CON=Cc1cc2c(cc1Br)OCO2)Nc1ccc(OC(F)(F)Cl)cc1. The van der Waals surface area contributed by atoms with E-state index in [-0.39, 0.29) is 19.1 Å². The molecule has 2 aromatic rings. The van der Waals surface area contributed by atoms with Crippen molar-refractivity contribution >= 4 is 45.3 Å². The van der Waals surface area contributed by atoms with Crippen LogP contribution in [0.15, 0.2) is 46.0 Å². The van der Waals surface area contributed by atoms with Crippen molar-refractivity contribution in [1.82, 2.24) is 0 Å². The number of hydrogen-bond acceptors (Lipinski definition) is 6. The van der Waals surface area contributed by atoms with E-state index in [0.29, 0.717) is 22.7 Å². The molecule has 7 nitrogen and oxygen atoms in total. The predicted molar refractivity (Wildman–Crippen MR) is 100 cm³/mol. The van der Waals surface area contributed by atoms with E-state index in [4.69, 9.17) is 14.3 Å². The summed E-state index contributed by atoms with van der Waals surface area (Å²) in [5.74, 6) is 0.573. The van der Waals surface area contributed by atoms with Crippen LogP contribution in [-0.4, -0.2) is 31.1 Å². The third-order valence-electron chi connectivity index (χ3n) is 3.33. The van der Waals surface area contributed by atoms with Crippen molar-refractivity contribution in [1.29, 1.82) is 0 Å². The van der Waals surface area contributed by atoms with Crippen LogP contribution in [-0.2, 0) is 9.63 Å². The monoisotopic (exact) mass is 476 g/mol. The Morgan fingerprint density at radius 1 is 1.29 bits per heavy atom. The first-order chi connectivity index (χ1) is 13.3. The van der Waals surface area contributed by atoms with Gasteiger partial charge in [0.25, 0.3) is 5.91 Å². The minimum absolute atomic E-state index is 0.145. The van der Waals surface area contributed by atoms with E-state index in [1.165, 1.54) is 30.5 Å². The molecule has 0 fully saturated rings. The zero-order chi connectivity index (χ0) is 20.1. The number of benzene rings is 2. The lowest BCUT2D eigenvalue weighted by Crippen LogP contribution is -2.17. The van der Waals surface area contributed by atoms with Gasteiger partial charge in [0.15, 0.2) is 18.1 Å². The van der Waals surface area contributed by atoms with Crippen molar-refractivity contribution in [3.8, 4) is 17.2 Å². The molecule has 0 aromatic heterocycles. The molecular weight excluding hydrogens is 466 g/mol. The average Bonchev–Trinajstić information content (AvgIpc) is 3.06. The number of carbonyl (C=O) groups is 1. The summed E-state index contributed by atoms with van der Waals surface area (Å²) in [7, 11) is 0. The second-order valence-corrected chi connectivity index (χ2v) is 6.65. The Labute approximate surface area is 171 Å². The number of alkyl halides is 3. The molecule has 28 heavy (non-hydrogen) atoms. The molecule has 2 aromatic carbocycles. The van der Waals surface area contributed by atoms with Crippen molar-refractivity contribution in [2.75, 3.05) is 18.7 Å². The Kier molecular flexibility index (Phi) is 6.20. The Bertz CT molecular complexity index is 890. The molecule has 1 amide bonds. The quantitative estimate of drug-likeness (QED) is 0.365. The van der Waals surface area contributed by atoms with Gasteiger partial charge in [-0.3, -0.25) is 4.79 Å². The van der Waals surface area contributed by atoms with Crippen molar-refractivity contribution in [3.05, 3.63) is 46.4 Å². The lowest BCUT2D eigenvalue weighted by atomic mass is 10.2. The van der Waals surface area contributed by atoms with Crippen molar-refractivity contribution in [2.45, 2.75) is 5.57 Å². The molecule has 0 radical (unpaired) electrons. The number of rotatable bonds is 7. The van der Waals surface area contributed by atoms with Crippen LogP contribution in [0.2, 0.25) is 0 Å². The van der Waals surface area contributed by atoms with Crippen LogP contribution < -0.4 is 19.5 Å². The van der Waals surface area contributed by atoms with Crippen LogP contribution in [0.1, 0.15) is 5.56 Å². The number of oxime groups is 1. The van der Waals surface area contributed by atoms with Gasteiger partial charge in [0.2, 0.25) is 6.79 Å². The summed E-state index contributed by atoms with van der Waals surface area (Å²) in [5.41, 5.74) is -2.76. The first-order valence-electron chi connectivity index (χ1n) is 7.70. The van der Waals surface area contributed by atoms with Crippen LogP contribution in [0.5, 0.6) is 17.2 Å².